The Balaban J connectivity index is 2.33. The summed E-state index contributed by atoms with van der Waals surface area (Å²) >= 11 is 0. The van der Waals surface area contributed by atoms with Crippen LogP contribution in [0.3, 0.4) is 0 Å². The number of aliphatic hydroxyl groups is 1. The molecule has 2 heterocycles. The fourth-order valence-corrected chi connectivity index (χ4v) is 3.05. The Hall–Kier alpha value is -2.93. The molecule has 0 saturated heterocycles. The van der Waals surface area contributed by atoms with Crippen LogP contribution in [0.4, 0.5) is 0 Å². The van der Waals surface area contributed by atoms with Crippen LogP contribution in [0.25, 0.3) is 22.5 Å². The maximum atomic E-state index is 11.6. The summed E-state index contributed by atoms with van der Waals surface area (Å²) in [5, 5.41) is 23.5. The Labute approximate surface area is 145 Å². The molecule has 7 nitrogen and oxygen atoms in total. The number of imidazole rings is 1. The molecule has 0 unspecified atom stereocenters. The van der Waals surface area contributed by atoms with Crippen molar-refractivity contribution in [2.75, 3.05) is 6.61 Å². The molecule has 0 bridgehead atoms. The quantitative estimate of drug-likeness (QED) is 0.742. The summed E-state index contributed by atoms with van der Waals surface area (Å²) in [6.07, 6.45) is 1.47. The molecular weight excluding hydrogens is 320 g/mol. The molecule has 3 rings (SSSR count). The summed E-state index contributed by atoms with van der Waals surface area (Å²) in [7, 11) is 1.84. The predicted molar refractivity (Wildman–Crippen MR) is 93.1 cm³/mol. The van der Waals surface area contributed by atoms with Gasteiger partial charge in [0.2, 0.25) is 0 Å². The van der Waals surface area contributed by atoms with Gasteiger partial charge in [-0.3, -0.25) is 4.68 Å². The van der Waals surface area contributed by atoms with Gasteiger partial charge in [0.25, 0.3) is 0 Å². The Morgan fingerprint density at radius 1 is 1.24 bits per heavy atom. The van der Waals surface area contributed by atoms with E-state index in [1.165, 1.54) is 10.9 Å². The minimum absolute atomic E-state index is 0.523. The largest absolute Gasteiger partial charge is 0.480 e. The molecule has 0 aliphatic heterocycles. The van der Waals surface area contributed by atoms with E-state index in [0.717, 1.165) is 22.5 Å². The summed E-state index contributed by atoms with van der Waals surface area (Å²) in [6, 6.07) is 8.45. The van der Waals surface area contributed by atoms with E-state index < -0.39 is 18.6 Å². The van der Waals surface area contributed by atoms with Crippen LogP contribution in [0.2, 0.25) is 0 Å². The number of benzene rings is 1. The molecule has 0 fully saturated rings. The second-order valence-corrected chi connectivity index (χ2v) is 5.92. The van der Waals surface area contributed by atoms with Crippen LogP contribution in [0.5, 0.6) is 0 Å². The van der Waals surface area contributed by atoms with E-state index in [0.29, 0.717) is 11.4 Å². The predicted octanol–water partition coefficient (Wildman–Crippen LogP) is 2.19. The summed E-state index contributed by atoms with van der Waals surface area (Å²) < 4.78 is 3.27. The number of nitrogens with zero attached hydrogens (tertiary/aromatic N) is 4. The zero-order chi connectivity index (χ0) is 18.1. The minimum Gasteiger partial charge on any atom is -0.480 e. The molecule has 2 aromatic heterocycles. The van der Waals surface area contributed by atoms with Crippen molar-refractivity contribution >= 4 is 5.97 Å². The van der Waals surface area contributed by atoms with Crippen molar-refractivity contribution in [2.45, 2.75) is 19.9 Å². The van der Waals surface area contributed by atoms with Gasteiger partial charge in [0.15, 0.2) is 6.04 Å². The fourth-order valence-electron chi connectivity index (χ4n) is 3.05. The van der Waals surface area contributed by atoms with E-state index in [1.807, 2.05) is 51.2 Å². The first kappa shape index (κ1) is 16.9. The molecule has 0 radical (unpaired) electrons. The third kappa shape index (κ3) is 2.83. The van der Waals surface area contributed by atoms with Gasteiger partial charge in [-0.2, -0.15) is 5.10 Å². The number of aliphatic hydroxyl groups excluding tert-OH is 1. The van der Waals surface area contributed by atoms with Gasteiger partial charge in [-0.1, -0.05) is 30.3 Å². The van der Waals surface area contributed by atoms with Crippen molar-refractivity contribution in [2.24, 2.45) is 7.05 Å². The molecule has 0 aliphatic carbocycles. The smallest absolute Gasteiger partial charge is 0.329 e. The minimum atomic E-state index is -1.11. The van der Waals surface area contributed by atoms with Crippen molar-refractivity contribution < 1.29 is 15.0 Å². The van der Waals surface area contributed by atoms with Crippen molar-refractivity contribution in [3.05, 3.63) is 48.0 Å². The van der Waals surface area contributed by atoms with Crippen LogP contribution >= 0.6 is 0 Å². The normalized spacial score (nSPS) is 12.3. The molecule has 0 spiro atoms. The lowest BCUT2D eigenvalue weighted by Crippen LogP contribution is -2.23. The standard InChI is InChI=1S/C18H20N4O3/c1-11-15(12(2)21(3)20-11)17-16(13-7-5-4-6-8-13)19-10-22(17)14(9-23)18(24)25/h4-8,10,14,23H,9H2,1-3H3,(H,24,25)/t14-/m1/s1. The number of carbonyl (C=O) groups is 1. The van der Waals surface area contributed by atoms with Crippen molar-refractivity contribution in [3.8, 4) is 22.5 Å². The summed E-state index contributed by atoms with van der Waals surface area (Å²) in [6.45, 7) is 3.28. The van der Waals surface area contributed by atoms with E-state index in [9.17, 15) is 15.0 Å². The molecule has 1 atom stereocenters. The van der Waals surface area contributed by atoms with Crippen molar-refractivity contribution in [3.63, 3.8) is 0 Å². The zero-order valence-electron chi connectivity index (χ0n) is 14.3. The average Bonchev–Trinajstić information content (AvgIpc) is 3.10. The van der Waals surface area contributed by atoms with E-state index in [1.54, 1.807) is 4.68 Å². The number of aliphatic carboxylic acids is 1. The molecule has 130 valence electrons. The van der Waals surface area contributed by atoms with Crippen LogP contribution in [0.15, 0.2) is 36.7 Å². The number of aryl methyl sites for hydroxylation is 2. The highest BCUT2D eigenvalue weighted by Crippen LogP contribution is 2.36. The van der Waals surface area contributed by atoms with Crippen LogP contribution in [-0.4, -0.2) is 42.1 Å². The molecule has 0 saturated carbocycles. The number of rotatable bonds is 5. The third-order valence-corrected chi connectivity index (χ3v) is 4.38. The first-order valence-corrected chi connectivity index (χ1v) is 7.92. The molecule has 0 aliphatic rings. The number of carboxylic acid groups (broad SMARTS) is 1. The number of aromatic nitrogens is 4. The summed E-state index contributed by atoms with van der Waals surface area (Å²) in [4.78, 5) is 16.1. The maximum Gasteiger partial charge on any atom is 0.329 e. The molecule has 7 heteroatoms. The van der Waals surface area contributed by atoms with Gasteiger partial charge in [-0.05, 0) is 13.8 Å². The van der Waals surface area contributed by atoms with E-state index in [4.69, 9.17) is 0 Å². The molecule has 2 N–H and O–H groups in total. The maximum absolute atomic E-state index is 11.6. The molecular formula is C18H20N4O3. The zero-order valence-corrected chi connectivity index (χ0v) is 14.3. The monoisotopic (exact) mass is 340 g/mol. The third-order valence-electron chi connectivity index (χ3n) is 4.38. The lowest BCUT2D eigenvalue weighted by molar-refractivity contribution is -0.142. The SMILES string of the molecule is Cc1nn(C)c(C)c1-c1c(-c2ccccc2)ncn1[C@H](CO)C(=O)O. The number of hydrogen-bond donors (Lipinski definition) is 2. The summed E-state index contributed by atoms with van der Waals surface area (Å²) in [5.74, 6) is -1.11. The van der Waals surface area contributed by atoms with Crippen LogP contribution < -0.4 is 0 Å². The molecule has 0 amide bonds. The molecule has 25 heavy (non-hydrogen) atoms. The summed E-state index contributed by atoms with van der Waals surface area (Å²) in [5.41, 5.74) is 4.70. The second-order valence-electron chi connectivity index (χ2n) is 5.92. The van der Waals surface area contributed by atoms with Gasteiger partial charge in [-0.25, -0.2) is 9.78 Å². The topological polar surface area (TPSA) is 93.2 Å². The number of hydrogen-bond acceptors (Lipinski definition) is 4. The Morgan fingerprint density at radius 3 is 2.44 bits per heavy atom. The van der Waals surface area contributed by atoms with Gasteiger partial charge in [0, 0.05) is 23.9 Å². The average molecular weight is 340 g/mol. The molecule has 3 aromatic rings. The van der Waals surface area contributed by atoms with Crippen molar-refractivity contribution in [1.82, 2.24) is 19.3 Å². The first-order chi connectivity index (χ1) is 12.0. The Morgan fingerprint density at radius 2 is 1.92 bits per heavy atom. The van der Waals surface area contributed by atoms with Gasteiger partial charge >= 0.3 is 5.97 Å². The highest BCUT2D eigenvalue weighted by molar-refractivity contribution is 5.83. The van der Waals surface area contributed by atoms with Gasteiger partial charge in [0.05, 0.1) is 30.0 Å². The van der Waals surface area contributed by atoms with Crippen LogP contribution in [0.1, 0.15) is 17.4 Å². The Kier molecular flexibility index (Phi) is 4.41. The van der Waals surface area contributed by atoms with Crippen LogP contribution in [0, 0.1) is 13.8 Å². The van der Waals surface area contributed by atoms with Crippen molar-refractivity contribution in [1.29, 1.82) is 0 Å². The lowest BCUT2D eigenvalue weighted by atomic mass is 10.0. The van der Waals surface area contributed by atoms with E-state index in [-0.39, 0.29) is 0 Å². The second kappa shape index (κ2) is 6.52. The number of carboxylic acids is 1. The van der Waals surface area contributed by atoms with E-state index in [2.05, 4.69) is 10.1 Å². The van der Waals surface area contributed by atoms with Crippen LogP contribution in [-0.2, 0) is 11.8 Å². The Bertz CT molecular complexity index is 912. The highest BCUT2D eigenvalue weighted by atomic mass is 16.4. The lowest BCUT2D eigenvalue weighted by Gasteiger charge is -2.16. The van der Waals surface area contributed by atoms with Gasteiger partial charge in [0.1, 0.15) is 0 Å². The fraction of sp³-hybridized carbons (Fsp3) is 0.278. The van der Waals surface area contributed by atoms with Gasteiger partial charge < -0.3 is 14.8 Å². The van der Waals surface area contributed by atoms with Gasteiger partial charge in [-0.15, -0.1) is 0 Å². The highest BCUT2D eigenvalue weighted by Gasteiger charge is 2.28. The molecule has 1 aromatic carbocycles. The first-order valence-electron chi connectivity index (χ1n) is 7.92. The van der Waals surface area contributed by atoms with E-state index >= 15 is 0 Å².